The highest BCUT2D eigenvalue weighted by atomic mass is 35.5. The molecule has 0 bridgehead atoms. The Morgan fingerprint density at radius 1 is 1.26 bits per heavy atom. The number of carbonyl (C=O) groups is 1. The van der Waals surface area contributed by atoms with Crippen molar-refractivity contribution in [3.8, 4) is 0 Å². The van der Waals surface area contributed by atoms with Gasteiger partial charge in [-0.3, -0.25) is 9.36 Å². The van der Waals surface area contributed by atoms with Crippen LogP contribution in [0.1, 0.15) is 34.6 Å². The zero-order valence-electron chi connectivity index (χ0n) is 15.3. The van der Waals surface area contributed by atoms with Crippen LogP contribution in [-0.2, 0) is 17.8 Å². The average Bonchev–Trinajstić information content (AvgIpc) is 3.31. The minimum absolute atomic E-state index is 0.0717. The summed E-state index contributed by atoms with van der Waals surface area (Å²) in [7, 11) is 0. The van der Waals surface area contributed by atoms with Crippen LogP contribution in [0.25, 0.3) is 11.1 Å². The molecule has 3 heterocycles. The Balaban J connectivity index is 1.62. The van der Waals surface area contributed by atoms with Crippen molar-refractivity contribution < 1.29 is 13.9 Å². The van der Waals surface area contributed by atoms with E-state index in [4.69, 9.17) is 20.8 Å². The van der Waals surface area contributed by atoms with E-state index < -0.39 is 5.76 Å². The maximum absolute atomic E-state index is 12.9. The zero-order valence-corrected chi connectivity index (χ0v) is 16.1. The fourth-order valence-corrected chi connectivity index (χ4v) is 3.94. The van der Waals surface area contributed by atoms with Gasteiger partial charge >= 0.3 is 5.76 Å². The highest BCUT2D eigenvalue weighted by molar-refractivity contribution is 6.31. The number of Topliss-reactive ketones (excluding diaryl/α,β-unsaturated/α-hetero) is 1. The minimum Gasteiger partial charge on any atom is -0.408 e. The van der Waals surface area contributed by atoms with E-state index in [0.29, 0.717) is 21.7 Å². The molecule has 3 aromatic rings. The number of aromatic nitrogens is 2. The summed E-state index contributed by atoms with van der Waals surface area (Å²) in [5.74, 6) is -0.685. The lowest BCUT2D eigenvalue weighted by molar-refractivity contribution is 0.0948. The number of fused-ring (bicyclic) bond motifs is 1. The Bertz CT molecular complexity index is 1070. The first kappa shape index (κ1) is 18.1. The van der Waals surface area contributed by atoms with E-state index in [2.05, 4.69) is 4.57 Å². The van der Waals surface area contributed by atoms with Gasteiger partial charge in [0.15, 0.2) is 11.4 Å². The Morgan fingerprint density at radius 3 is 2.81 bits per heavy atom. The standard InChI is InChI=1S/C20H21ClN2O4/c1-12-8-16(13(2)22(12)10-15-4-3-7-26-15)18(24)11-23-17-6-5-14(21)9-19(17)27-20(23)25/h5-6,8-9,15H,3-4,7,10-11H2,1-2H3/t15-/m0/s1. The maximum atomic E-state index is 12.9. The third-order valence-electron chi connectivity index (χ3n) is 5.22. The molecule has 0 saturated carbocycles. The molecule has 0 radical (unpaired) electrons. The zero-order chi connectivity index (χ0) is 19.1. The molecule has 7 heteroatoms. The number of nitrogens with zero attached hydrogens (tertiary/aromatic N) is 2. The molecule has 4 rings (SSSR count). The lowest BCUT2D eigenvalue weighted by Gasteiger charge is -2.14. The van der Waals surface area contributed by atoms with Crippen molar-refractivity contribution in [2.24, 2.45) is 0 Å². The van der Waals surface area contributed by atoms with Gasteiger partial charge in [-0.05, 0) is 44.9 Å². The molecule has 1 aliphatic heterocycles. The van der Waals surface area contributed by atoms with Gasteiger partial charge in [-0.25, -0.2) is 4.79 Å². The molecule has 1 aliphatic rings. The number of rotatable bonds is 5. The lowest BCUT2D eigenvalue weighted by Crippen LogP contribution is -2.21. The fourth-order valence-electron chi connectivity index (χ4n) is 3.78. The van der Waals surface area contributed by atoms with Crippen LogP contribution in [0, 0.1) is 13.8 Å². The van der Waals surface area contributed by atoms with Crippen molar-refractivity contribution >= 4 is 28.5 Å². The summed E-state index contributed by atoms with van der Waals surface area (Å²) in [5, 5.41) is 0.479. The largest absolute Gasteiger partial charge is 0.420 e. The van der Waals surface area contributed by atoms with Gasteiger partial charge in [0.2, 0.25) is 0 Å². The number of ether oxygens (including phenoxy) is 1. The highest BCUT2D eigenvalue weighted by Gasteiger charge is 2.22. The molecule has 1 saturated heterocycles. The number of oxazole rings is 1. The predicted molar refractivity (Wildman–Crippen MR) is 103 cm³/mol. The van der Waals surface area contributed by atoms with Crippen LogP contribution in [0.3, 0.4) is 0 Å². The van der Waals surface area contributed by atoms with Gasteiger partial charge in [-0.15, -0.1) is 0 Å². The molecule has 0 spiro atoms. The first-order chi connectivity index (χ1) is 12.9. The molecule has 142 valence electrons. The molecule has 0 unspecified atom stereocenters. The summed E-state index contributed by atoms with van der Waals surface area (Å²) in [6, 6.07) is 6.83. The van der Waals surface area contributed by atoms with E-state index in [9.17, 15) is 9.59 Å². The van der Waals surface area contributed by atoms with Crippen LogP contribution in [0.15, 0.2) is 33.5 Å². The van der Waals surface area contributed by atoms with E-state index >= 15 is 0 Å². The number of ketones is 1. The van der Waals surface area contributed by atoms with Crippen LogP contribution in [0.4, 0.5) is 0 Å². The van der Waals surface area contributed by atoms with Crippen molar-refractivity contribution in [3.63, 3.8) is 0 Å². The molecule has 0 aliphatic carbocycles. The van der Waals surface area contributed by atoms with Crippen LogP contribution in [0.5, 0.6) is 0 Å². The Morgan fingerprint density at radius 2 is 2.07 bits per heavy atom. The normalized spacial score (nSPS) is 17.1. The molecule has 1 atom stereocenters. The minimum atomic E-state index is -0.561. The number of carbonyl (C=O) groups excluding carboxylic acids is 1. The summed E-state index contributed by atoms with van der Waals surface area (Å²) in [6.07, 6.45) is 2.32. The Kier molecular flexibility index (Phi) is 4.70. The molecule has 0 amide bonds. The topological polar surface area (TPSA) is 66.4 Å². The SMILES string of the molecule is Cc1cc(C(=O)Cn2c(=O)oc3cc(Cl)ccc32)c(C)n1C[C@@H]1CCCO1. The highest BCUT2D eigenvalue weighted by Crippen LogP contribution is 2.22. The number of halogens is 1. The van der Waals surface area contributed by atoms with Crippen LogP contribution in [-0.4, -0.2) is 27.6 Å². The van der Waals surface area contributed by atoms with Crippen LogP contribution < -0.4 is 5.76 Å². The molecule has 6 nitrogen and oxygen atoms in total. The smallest absolute Gasteiger partial charge is 0.408 e. The van der Waals surface area contributed by atoms with Crippen molar-refractivity contribution in [1.82, 2.24) is 9.13 Å². The number of aryl methyl sites for hydroxylation is 1. The lowest BCUT2D eigenvalue weighted by atomic mass is 10.1. The first-order valence-electron chi connectivity index (χ1n) is 9.04. The first-order valence-corrected chi connectivity index (χ1v) is 9.42. The predicted octanol–water partition coefficient (Wildman–Crippen LogP) is 3.73. The van der Waals surface area contributed by atoms with Crippen molar-refractivity contribution in [2.75, 3.05) is 6.61 Å². The summed E-state index contributed by atoms with van der Waals surface area (Å²) < 4.78 is 14.4. The third kappa shape index (κ3) is 3.35. The molecule has 1 aromatic carbocycles. The van der Waals surface area contributed by atoms with E-state index in [1.54, 1.807) is 18.2 Å². The molecule has 2 aromatic heterocycles. The van der Waals surface area contributed by atoms with Crippen LogP contribution >= 0.6 is 11.6 Å². The maximum Gasteiger partial charge on any atom is 0.420 e. The summed E-state index contributed by atoms with van der Waals surface area (Å²) >= 11 is 5.94. The molecular weight excluding hydrogens is 368 g/mol. The second kappa shape index (κ2) is 7.02. The van der Waals surface area contributed by atoms with Crippen molar-refractivity contribution in [2.45, 2.75) is 45.9 Å². The monoisotopic (exact) mass is 388 g/mol. The van der Waals surface area contributed by atoms with Crippen molar-refractivity contribution in [1.29, 1.82) is 0 Å². The van der Waals surface area contributed by atoms with Crippen molar-refractivity contribution in [3.05, 3.63) is 56.8 Å². The van der Waals surface area contributed by atoms with E-state index in [-0.39, 0.29) is 18.4 Å². The second-order valence-corrected chi connectivity index (χ2v) is 7.46. The van der Waals surface area contributed by atoms with Gasteiger partial charge in [-0.2, -0.15) is 0 Å². The Labute approximate surface area is 161 Å². The molecule has 27 heavy (non-hydrogen) atoms. The van der Waals surface area contributed by atoms with E-state index in [0.717, 1.165) is 37.4 Å². The summed E-state index contributed by atoms with van der Waals surface area (Å²) in [4.78, 5) is 25.1. The van der Waals surface area contributed by atoms with Gasteiger partial charge < -0.3 is 13.7 Å². The summed E-state index contributed by atoms with van der Waals surface area (Å²) in [6.45, 7) is 5.40. The fraction of sp³-hybridized carbons (Fsp3) is 0.400. The molecular formula is C20H21ClN2O4. The van der Waals surface area contributed by atoms with E-state index in [1.807, 2.05) is 19.9 Å². The number of benzene rings is 1. The second-order valence-electron chi connectivity index (χ2n) is 7.02. The van der Waals surface area contributed by atoms with Gasteiger partial charge in [-0.1, -0.05) is 11.6 Å². The quantitative estimate of drug-likeness (QED) is 0.624. The van der Waals surface area contributed by atoms with Gasteiger partial charge in [0.05, 0.1) is 18.2 Å². The van der Waals surface area contributed by atoms with Crippen LogP contribution in [0.2, 0.25) is 5.02 Å². The average molecular weight is 389 g/mol. The number of hydrogen-bond donors (Lipinski definition) is 0. The van der Waals surface area contributed by atoms with E-state index in [1.165, 1.54) is 4.57 Å². The van der Waals surface area contributed by atoms with Gasteiger partial charge in [0.1, 0.15) is 0 Å². The molecule has 0 N–H and O–H groups in total. The third-order valence-corrected chi connectivity index (χ3v) is 5.45. The summed E-state index contributed by atoms with van der Waals surface area (Å²) in [5.41, 5.74) is 3.48. The number of hydrogen-bond acceptors (Lipinski definition) is 4. The Hall–Kier alpha value is -2.31. The molecule has 1 fully saturated rings. The van der Waals surface area contributed by atoms with Gasteiger partial charge in [0.25, 0.3) is 0 Å². The van der Waals surface area contributed by atoms with Gasteiger partial charge in [0, 0.05) is 41.2 Å².